The van der Waals surface area contributed by atoms with Crippen molar-refractivity contribution in [2.24, 2.45) is 0 Å². The lowest BCUT2D eigenvalue weighted by Crippen LogP contribution is -1.96. The van der Waals surface area contributed by atoms with Crippen LogP contribution >= 0.6 is 11.8 Å². The first-order valence-electron chi connectivity index (χ1n) is 4.95. The van der Waals surface area contributed by atoms with E-state index in [0.29, 0.717) is 11.7 Å². The fourth-order valence-corrected chi connectivity index (χ4v) is 2.07. The van der Waals surface area contributed by atoms with Crippen molar-refractivity contribution >= 4 is 11.8 Å². The zero-order chi connectivity index (χ0) is 11.3. The number of rotatable bonds is 4. The Kier molecular flexibility index (Phi) is 4.51. The maximum atomic E-state index is 9.69. The van der Waals surface area contributed by atoms with Crippen molar-refractivity contribution in [3.63, 3.8) is 0 Å². The van der Waals surface area contributed by atoms with Crippen LogP contribution in [-0.2, 0) is 0 Å². The number of benzene rings is 1. The molecule has 0 radical (unpaired) electrons. The third-order valence-electron chi connectivity index (χ3n) is 2.43. The van der Waals surface area contributed by atoms with Gasteiger partial charge in [0.25, 0.3) is 0 Å². The van der Waals surface area contributed by atoms with Gasteiger partial charge in [0.1, 0.15) is 11.2 Å². The minimum Gasteiger partial charge on any atom is -0.508 e. The van der Waals surface area contributed by atoms with Gasteiger partial charge in [-0.25, -0.2) is 0 Å². The predicted molar refractivity (Wildman–Crippen MR) is 63.9 cm³/mol. The van der Waals surface area contributed by atoms with Crippen molar-refractivity contribution in [2.75, 3.05) is 5.75 Å². The van der Waals surface area contributed by atoms with Crippen molar-refractivity contribution in [3.8, 4) is 11.2 Å². The van der Waals surface area contributed by atoms with Crippen molar-refractivity contribution in [2.45, 2.75) is 26.2 Å². The van der Waals surface area contributed by atoms with Crippen LogP contribution in [0, 0.1) is 17.6 Å². The van der Waals surface area contributed by atoms with Crippen LogP contribution in [0.1, 0.15) is 30.4 Å². The van der Waals surface area contributed by atoms with E-state index in [-0.39, 0.29) is 0 Å². The molecule has 0 aromatic heterocycles. The average molecular weight is 221 g/mol. The standard InChI is InChI=1S/C12H15NOS/c1-9-3-4-12(14)11(7-9)10(2)5-6-15-8-13/h3-4,7,10,14H,5-6H2,1-2H3. The Hall–Kier alpha value is -1.14. The van der Waals surface area contributed by atoms with Crippen LogP contribution in [0.4, 0.5) is 0 Å². The van der Waals surface area contributed by atoms with Gasteiger partial charge in [-0.05, 0) is 42.7 Å². The molecule has 0 aliphatic rings. The number of thiocyanates is 1. The summed E-state index contributed by atoms with van der Waals surface area (Å²) >= 11 is 1.27. The topological polar surface area (TPSA) is 44.0 Å². The van der Waals surface area contributed by atoms with Crippen LogP contribution in [-0.4, -0.2) is 10.9 Å². The van der Waals surface area contributed by atoms with Crippen LogP contribution in [0.3, 0.4) is 0 Å². The summed E-state index contributed by atoms with van der Waals surface area (Å²) in [5, 5.41) is 20.2. The molecule has 1 N–H and O–H groups in total. The third-order valence-corrected chi connectivity index (χ3v) is 3.00. The fourth-order valence-electron chi connectivity index (χ4n) is 1.51. The molecule has 0 spiro atoms. The van der Waals surface area contributed by atoms with Crippen molar-refractivity contribution in [1.82, 2.24) is 0 Å². The predicted octanol–water partition coefficient (Wildman–Crippen LogP) is 3.41. The second-order valence-corrected chi connectivity index (χ2v) is 4.57. The number of phenols is 1. The number of aromatic hydroxyl groups is 1. The van der Waals surface area contributed by atoms with Crippen molar-refractivity contribution < 1.29 is 5.11 Å². The lowest BCUT2D eigenvalue weighted by atomic mass is 9.96. The maximum absolute atomic E-state index is 9.69. The summed E-state index contributed by atoms with van der Waals surface area (Å²) in [6.45, 7) is 4.09. The van der Waals surface area contributed by atoms with E-state index in [2.05, 4.69) is 12.3 Å². The smallest absolute Gasteiger partial charge is 0.133 e. The van der Waals surface area contributed by atoms with Gasteiger partial charge in [-0.15, -0.1) is 0 Å². The molecule has 0 saturated carbocycles. The summed E-state index contributed by atoms with van der Waals surface area (Å²) in [7, 11) is 0. The number of aryl methyl sites for hydroxylation is 1. The van der Waals surface area contributed by atoms with Crippen LogP contribution in [0.25, 0.3) is 0 Å². The Bertz CT molecular complexity index is 370. The van der Waals surface area contributed by atoms with Gasteiger partial charge in [0.15, 0.2) is 0 Å². The van der Waals surface area contributed by atoms with Gasteiger partial charge in [0, 0.05) is 5.75 Å². The molecule has 1 atom stereocenters. The van der Waals surface area contributed by atoms with Gasteiger partial charge in [-0.1, -0.05) is 24.6 Å². The highest BCUT2D eigenvalue weighted by Gasteiger charge is 2.10. The van der Waals surface area contributed by atoms with E-state index in [1.807, 2.05) is 19.1 Å². The normalized spacial score (nSPS) is 12.1. The van der Waals surface area contributed by atoms with Gasteiger partial charge in [-0.3, -0.25) is 0 Å². The lowest BCUT2D eigenvalue weighted by molar-refractivity contribution is 0.462. The third kappa shape index (κ3) is 3.49. The molecule has 80 valence electrons. The van der Waals surface area contributed by atoms with E-state index in [1.54, 1.807) is 6.07 Å². The van der Waals surface area contributed by atoms with Crippen LogP contribution < -0.4 is 0 Å². The minimum atomic E-state index is 0.297. The van der Waals surface area contributed by atoms with E-state index in [9.17, 15) is 5.11 Å². The maximum Gasteiger partial charge on any atom is 0.133 e. The molecule has 15 heavy (non-hydrogen) atoms. The molecule has 0 aliphatic carbocycles. The van der Waals surface area contributed by atoms with Crippen LogP contribution in [0.15, 0.2) is 18.2 Å². The highest BCUT2D eigenvalue weighted by Crippen LogP contribution is 2.29. The highest BCUT2D eigenvalue weighted by molar-refractivity contribution is 8.03. The van der Waals surface area contributed by atoms with Crippen molar-refractivity contribution in [1.29, 1.82) is 5.26 Å². The number of thioether (sulfide) groups is 1. The summed E-state index contributed by atoms with van der Waals surface area (Å²) in [4.78, 5) is 0. The first kappa shape index (κ1) is 11.9. The summed E-state index contributed by atoms with van der Waals surface area (Å²) < 4.78 is 0. The number of nitrogens with zero attached hydrogens (tertiary/aromatic N) is 1. The lowest BCUT2D eigenvalue weighted by Gasteiger charge is -2.13. The summed E-state index contributed by atoms with van der Waals surface area (Å²) in [6.07, 6.45) is 0.912. The van der Waals surface area contributed by atoms with Crippen molar-refractivity contribution in [3.05, 3.63) is 29.3 Å². The fraction of sp³-hybridized carbons (Fsp3) is 0.417. The van der Waals surface area contributed by atoms with Gasteiger partial charge in [0.05, 0.1) is 0 Å². The molecule has 1 aromatic carbocycles. The highest BCUT2D eigenvalue weighted by atomic mass is 32.2. The molecular formula is C12H15NOS. The molecule has 3 heteroatoms. The van der Waals surface area contributed by atoms with E-state index in [0.717, 1.165) is 23.3 Å². The Morgan fingerprint density at radius 1 is 1.53 bits per heavy atom. The van der Waals surface area contributed by atoms with E-state index in [1.165, 1.54) is 11.8 Å². The van der Waals surface area contributed by atoms with Gasteiger partial charge < -0.3 is 5.11 Å². The Morgan fingerprint density at radius 3 is 2.93 bits per heavy atom. The number of nitriles is 1. The number of hydrogen-bond donors (Lipinski definition) is 1. The molecule has 0 saturated heterocycles. The van der Waals surface area contributed by atoms with Crippen LogP contribution in [0.5, 0.6) is 5.75 Å². The largest absolute Gasteiger partial charge is 0.508 e. The summed E-state index contributed by atoms with van der Waals surface area (Å²) in [6, 6.07) is 5.64. The molecule has 0 bridgehead atoms. The SMILES string of the molecule is Cc1ccc(O)c(C(C)CCSC#N)c1. The molecular weight excluding hydrogens is 206 g/mol. The monoisotopic (exact) mass is 221 g/mol. The number of phenolic OH excluding ortho intramolecular Hbond substituents is 1. The molecule has 2 nitrogen and oxygen atoms in total. The first-order chi connectivity index (χ1) is 7.15. The zero-order valence-electron chi connectivity index (χ0n) is 9.03. The second-order valence-electron chi connectivity index (χ2n) is 3.69. The molecule has 1 aromatic rings. The van der Waals surface area contributed by atoms with E-state index < -0.39 is 0 Å². The molecule has 1 rings (SSSR count). The molecule has 0 amide bonds. The molecule has 0 heterocycles. The zero-order valence-corrected chi connectivity index (χ0v) is 9.84. The Labute approximate surface area is 94.9 Å². The Morgan fingerprint density at radius 2 is 2.27 bits per heavy atom. The van der Waals surface area contributed by atoms with Gasteiger partial charge >= 0.3 is 0 Å². The first-order valence-corrected chi connectivity index (χ1v) is 5.94. The molecule has 1 unspecified atom stereocenters. The Balaban J connectivity index is 2.69. The number of hydrogen-bond acceptors (Lipinski definition) is 3. The van der Waals surface area contributed by atoms with E-state index >= 15 is 0 Å². The molecule has 0 fully saturated rings. The quantitative estimate of drug-likeness (QED) is 0.626. The van der Waals surface area contributed by atoms with Gasteiger partial charge in [-0.2, -0.15) is 5.26 Å². The minimum absolute atomic E-state index is 0.297. The van der Waals surface area contributed by atoms with Gasteiger partial charge in [0.2, 0.25) is 0 Å². The summed E-state index contributed by atoms with van der Waals surface area (Å²) in [5.41, 5.74) is 2.14. The van der Waals surface area contributed by atoms with E-state index in [4.69, 9.17) is 5.26 Å². The van der Waals surface area contributed by atoms with Crippen LogP contribution in [0.2, 0.25) is 0 Å². The second kappa shape index (κ2) is 5.67. The molecule has 0 aliphatic heterocycles. The summed E-state index contributed by atoms with van der Waals surface area (Å²) in [5.74, 6) is 1.46. The average Bonchev–Trinajstić information content (AvgIpc) is 2.22.